The van der Waals surface area contributed by atoms with Gasteiger partial charge in [-0.1, -0.05) is 75.8 Å². The van der Waals surface area contributed by atoms with Crippen LogP contribution < -0.4 is 39.4 Å². The SMILES string of the molecule is CCCCCC1CCC(COCCCn2c(C)ccc2C2(Oc3ccc(CCC(=O)[O-])cc3)C=CC=CC2)CC1.[Na+]. The number of aromatic nitrogens is 1. The van der Waals surface area contributed by atoms with E-state index in [4.69, 9.17) is 9.47 Å². The van der Waals surface area contributed by atoms with E-state index in [-0.39, 0.29) is 36.0 Å². The van der Waals surface area contributed by atoms with Gasteiger partial charge in [-0.25, -0.2) is 0 Å². The molecule has 6 heteroatoms. The molecule has 0 aliphatic heterocycles. The summed E-state index contributed by atoms with van der Waals surface area (Å²) in [5.74, 6) is 1.42. The number of ether oxygens (including phenoxy) is 2. The Morgan fingerprint density at radius 2 is 1.76 bits per heavy atom. The summed E-state index contributed by atoms with van der Waals surface area (Å²) in [4.78, 5) is 10.8. The summed E-state index contributed by atoms with van der Waals surface area (Å²) >= 11 is 0. The largest absolute Gasteiger partial charge is 1.00 e. The summed E-state index contributed by atoms with van der Waals surface area (Å²) in [6.07, 6.45) is 21.6. The average molecular weight is 570 g/mol. The van der Waals surface area contributed by atoms with Crippen molar-refractivity contribution >= 4 is 5.97 Å². The molecular formula is C35H48NNaO4. The molecule has 0 saturated heterocycles. The van der Waals surface area contributed by atoms with Crippen LogP contribution in [0.2, 0.25) is 0 Å². The molecule has 1 aromatic heterocycles. The minimum absolute atomic E-state index is 0. The van der Waals surface area contributed by atoms with Crippen LogP contribution in [0.25, 0.3) is 0 Å². The van der Waals surface area contributed by atoms with E-state index in [2.05, 4.69) is 54.9 Å². The number of allylic oxidation sites excluding steroid dienone is 2. The minimum Gasteiger partial charge on any atom is -0.550 e. The molecule has 41 heavy (non-hydrogen) atoms. The molecule has 0 N–H and O–H groups in total. The predicted molar refractivity (Wildman–Crippen MR) is 159 cm³/mol. The Morgan fingerprint density at radius 3 is 2.44 bits per heavy atom. The quantitative estimate of drug-likeness (QED) is 0.226. The van der Waals surface area contributed by atoms with E-state index < -0.39 is 11.6 Å². The Labute approximate surface area is 269 Å². The van der Waals surface area contributed by atoms with E-state index in [0.717, 1.165) is 61.4 Å². The van der Waals surface area contributed by atoms with Gasteiger partial charge in [-0.2, -0.15) is 0 Å². The zero-order valence-corrected chi connectivity index (χ0v) is 27.6. The van der Waals surface area contributed by atoms with Crippen molar-refractivity contribution in [3.05, 3.63) is 77.7 Å². The third-order valence-corrected chi connectivity index (χ3v) is 8.71. The van der Waals surface area contributed by atoms with Gasteiger partial charge in [0.15, 0.2) is 5.60 Å². The Balaban J connectivity index is 0.00000462. The number of benzene rings is 1. The van der Waals surface area contributed by atoms with E-state index in [1.165, 1.54) is 57.1 Å². The van der Waals surface area contributed by atoms with E-state index in [9.17, 15) is 9.90 Å². The van der Waals surface area contributed by atoms with Crippen molar-refractivity contribution in [2.75, 3.05) is 13.2 Å². The number of nitrogens with zero attached hydrogens (tertiary/aromatic N) is 1. The maximum absolute atomic E-state index is 10.8. The predicted octanol–water partition coefficient (Wildman–Crippen LogP) is 4.07. The standard InChI is InChI=1S/C35H49NO4.Na/c1-3-4-6-10-29-12-14-31(15-13-29)27-39-26-9-25-36-28(2)11-21-33(36)35(23-7-5-8-24-35)40-32-19-16-30(17-20-32)18-22-34(37)38;/h5,7-8,11,16-17,19-21,23,29,31H,3-4,6,9-10,12-15,18,22,24-27H2,1-2H3,(H,37,38);/q;+1/p-1. The molecule has 0 amide bonds. The molecule has 4 rings (SSSR count). The normalized spacial score (nSPS) is 21.9. The molecule has 1 unspecified atom stereocenters. The molecule has 0 radical (unpaired) electrons. The zero-order valence-electron chi connectivity index (χ0n) is 25.6. The van der Waals surface area contributed by atoms with Gasteiger partial charge in [-0.3, -0.25) is 0 Å². The van der Waals surface area contributed by atoms with Crippen LogP contribution in [0.5, 0.6) is 5.75 Å². The number of hydrogen-bond donors (Lipinski definition) is 0. The van der Waals surface area contributed by atoms with Crippen molar-refractivity contribution in [2.24, 2.45) is 11.8 Å². The first-order valence-corrected chi connectivity index (χ1v) is 15.6. The van der Waals surface area contributed by atoms with Gasteiger partial charge in [0.05, 0.1) is 5.69 Å². The third-order valence-electron chi connectivity index (χ3n) is 8.71. The maximum Gasteiger partial charge on any atom is 1.00 e. The zero-order chi connectivity index (χ0) is 28.2. The number of carbonyl (C=O) groups is 1. The van der Waals surface area contributed by atoms with Gasteiger partial charge < -0.3 is 23.9 Å². The fourth-order valence-corrected chi connectivity index (χ4v) is 6.28. The first-order chi connectivity index (χ1) is 19.5. The van der Waals surface area contributed by atoms with Crippen molar-refractivity contribution in [1.29, 1.82) is 0 Å². The topological polar surface area (TPSA) is 63.5 Å². The number of carboxylic acid groups (broad SMARTS) is 1. The van der Waals surface area contributed by atoms with E-state index in [1.807, 2.05) is 24.3 Å². The first kappa shape index (κ1) is 33.7. The second-order valence-electron chi connectivity index (χ2n) is 11.8. The number of aryl methyl sites for hydroxylation is 2. The van der Waals surface area contributed by atoms with Crippen LogP contribution in [0.4, 0.5) is 0 Å². The fourth-order valence-electron chi connectivity index (χ4n) is 6.28. The number of rotatable bonds is 16. The monoisotopic (exact) mass is 569 g/mol. The summed E-state index contributed by atoms with van der Waals surface area (Å²) in [6, 6.07) is 12.1. The molecule has 0 spiro atoms. The molecule has 1 saturated carbocycles. The smallest absolute Gasteiger partial charge is 0.550 e. The Kier molecular flexibility index (Phi) is 14.3. The minimum atomic E-state index is -1.03. The van der Waals surface area contributed by atoms with Crippen LogP contribution in [0, 0.1) is 18.8 Å². The summed E-state index contributed by atoms with van der Waals surface area (Å²) in [7, 11) is 0. The third kappa shape index (κ3) is 10.2. The van der Waals surface area contributed by atoms with Crippen molar-refractivity contribution in [1.82, 2.24) is 4.57 Å². The first-order valence-electron chi connectivity index (χ1n) is 15.6. The average Bonchev–Trinajstić information content (AvgIpc) is 3.34. The summed E-state index contributed by atoms with van der Waals surface area (Å²) in [5.41, 5.74) is 2.74. The van der Waals surface area contributed by atoms with E-state index in [0.29, 0.717) is 6.42 Å². The van der Waals surface area contributed by atoms with E-state index >= 15 is 0 Å². The van der Waals surface area contributed by atoms with Gasteiger partial charge in [0, 0.05) is 37.8 Å². The molecule has 1 fully saturated rings. The van der Waals surface area contributed by atoms with Crippen LogP contribution in [0.15, 0.2) is 60.7 Å². The van der Waals surface area contributed by atoms with Crippen molar-refractivity contribution in [3.8, 4) is 5.75 Å². The molecule has 2 aromatic rings. The van der Waals surface area contributed by atoms with Gasteiger partial charge in [0.25, 0.3) is 0 Å². The molecule has 1 heterocycles. The van der Waals surface area contributed by atoms with Crippen LogP contribution in [0.3, 0.4) is 0 Å². The number of aliphatic carboxylic acids is 1. The maximum atomic E-state index is 10.8. The Hall–Kier alpha value is -1.79. The van der Waals surface area contributed by atoms with Gasteiger partial charge in [-0.15, -0.1) is 0 Å². The van der Waals surface area contributed by atoms with Crippen LogP contribution >= 0.6 is 0 Å². The summed E-state index contributed by atoms with van der Waals surface area (Å²) < 4.78 is 15.3. The van der Waals surface area contributed by atoms with Crippen LogP contribution in [0.1, 0.15) is 94.5 Å². The van der Waals surface area contributed by atoms with Gasteiger partial charge in [0.2, 0.25) is 0 Å². The van der Waals surface area contributed by atoms with Crippen molar-refractivity contribution in [2.45, 2.75) is 103 Å². The molecule has 218 valence electrons. The number of unbranched alkanes of at least 4 members (excludes halogenated alkanes) is 2. The molecule has 2 aliphatic rings. The number of carboxylic acids is 1. The molecular weight excluding hydrogens is 521 g/mol. The molecule has 1 aromatic carbocycles. The molecule has 1 atom stereocenters. The van der Waals surface area contributed by atoms with Gasteiger partial charge >= 0.3 is 29.6 Å². The van der Waals surface area contributed by atoms with E-state index in [1.54, 1.807) is 0 Å². The van der Waals surface area contributed by atoms with Crippen LogP contribution in [-0.2, 0) is 28.1 Å². The Bertz CT molecular complexity index is 1110. The van der Waals surface area contributed by atoms with Crippen LogP contribution in [-0.4, -0.2) is 23.8 Å². The number of carbonyl (C=O) groups excluding carboxylic acids is 1. The van der Waals surface area contributed by atoms with Crippen molar-refractivity contribution < 1.29 is 48.9 Å². The molecule has 5 nitrogen and oxygen atoms in total. The second-order valence-corrected chi connectivity index (χ2v) is 11.8. The molecule has 2 aliphatic carbocycles. The fraction of sp³-hybridized carbons (Fsp3) is 0.571. The Morgan fingerprint density at radius 1 is 1.00 bits per heavy atom. The summed E-state index contributed by atoms with van der Waals surface area (Å²) in [6.45, 7) is 7.02. The molecule has 0 bridgehead atoms. The second kappa shape index (κ2) is 17.4. The van der Waals surface area contributed by atoms with Gasteiger partial charge in [-0.05, 0) is 86.8 Å². The van der Waals surface area contributed by atoms with Crippen molar-refractivity contribution in [3.63, 3.8) is 0 Å². The summed E-state index contributed by atoms with van der Waals surface area (Å²) in [5, 5.41) is 10.8. The number of hydrogen-bond acceptors (Lipinski definition) is 4. The van der Waals surface area contributed by atoms with Gasteiger partial charge in [0.1, 0.15) is 5.75 Å².